The Labute approximate surface area is 208 Å². The van der Waals surface area contributed by atoms with Gasteiger partial charge in [0.15, 0.2) is 5.60 Å². The number of hydrogen-bond acceptors (Lipinski definition) is 5. The number of pyridine rings is 1. The molecule has 0 saturated heterocycles. The lowest BCUT2D eigenvalue weighted by molar-refractivity contribution is -0.205. The molecule has 4 rings (SSSR count). The molecule has 0 bridgehead atoms. The molecule has 0 radical (unpaired) electrons. The fourth-order valence-corrected chi connectivity index (χ4v) is 4.24. The summed E-state index contributed by atoms with van der Waals surface area (Å²) in [6.07, 6.45) is 0.295. The molecule has 11 heteroatoms. The number of aromatic nitrogens is 1. The summed E-state index contributed by atoms with van der Waals surface area (Å²) in [4.78, 5) is 30.8. The van der Waals surface area contributed by atoms with Crippen LogP contribution in [0.2, 0.25) is 10.0 Å². The predicted octanol–water partition coefficient (Wildman–Crippen LogP) is 4.51. The van der Waals surface area contributed by atoms with E-state index in [0.29, 0.717) is 0 Å². The predicted molar refractivity (Wildman–Crippen MR) is 127 cm³/mol. The molecule has 1 aromatic heterocycles. The summed E-state index contributed by atoms with van der Waals surface area (Å²) < 4.78 is 29.7. The Morgan fingerprint density at radius 1 is 1.11 bits per heavy atom. The van der Waals surface area contributed by atoms with Gasteiger partial charge >= 0.3 is 0 Å². The summed E-state index contributed by atoms with van der Waals surface area (Å²) in [7, 11) is 0. The molecule has 0 aliphatic carbocycles. The average Bonchev–Trinajstić information content (AvgIpc) is 2.92. The molecule has 1 aliphatic rings. The van der Waals surface area contributed by atoms with Crippen molar-refractivity contribution < 1.29 is 28.6 Å². The quantitative estimate of drug-likeness (QED) is 0.468. The first-order chi connectivity index (χ1) is 16.6. The van der Waals surface area contributed by atoms with Crippen LogP contribution in [0.1, 0.15) is 32.7 Å². The van der Waals surface area contributed by atoms with Crippen molar-refractivity contribution in [3.63, 3.8) is 0 Å². The third-order valence-electron chi connectivity index (χ3n) is 5.79. The number of alkyl halides is 2. The second kappa shape index (κ2) is 9.50. The molecule has 182 valence electrons. The zero-order valence-corrected chi connectivity index (χ0v) is 19.5. The summed E-state index contributed by atoms with van der Waals surface area (Å²) in [5.74, 6) is -4.74. The van der Waals surface area contributed by atoms with Crippen molar-refractivity contribution in [2.75, 3.05) is 23.4 Å². The summed E-state index contributed by atoms with van der Waals surface area (Å²) in [5, 5.41) is 23.3. The highest BCUT2D eigenvalue weighted by atomic mass is 35.5. The van der Waals surface area contributed by atoms with Crippen LogP contribution in [0.3, 0.4) is 0 Å². The van der Waals surface area contributed by atoms with Gasteiger partial charge in [-0.3, -0.25) is 9.59 Å². The Morgan fingerprint density at radius 2 is 1.86 bits per heavy atom. The summed E-state index contributed by atoms with van der Waals surface area (Å²) in [6, 6.07) is 13.1. The number of benzene rings is 2. The fourth-order valence-electron chi connectivity index (χ4n) is 3.84. The SMILES string of the molecule is O=C(Nc1ccc(C(=O)N2CCC(F)(F)C(O)(CO)c3cc(Cl)ccc32)cn1)c1ccccc1Cl. The standard InChI is InChI=1S/C24H19Cl2F2N3O4/c25-15-6-7-19-17(11-15)23(35,13-32)24(27,28)9-10-31(19)22(34)14-5-8-20(29-12-14)30-21(33)16-3-1-2-4-18(16)26/h1-8,11-12,32,35H,9-10,13H2,(H,29,30,33). The van der Waals surface area contributed by atoms with E-state index in [-0.39, 0.29) is 38.2 Å². The number of carbonyl (C=O) groups excluding carboxylic acids is 2. The number of fused-ring (bicyclic) bond motifs is 1. The van der Waals surface area contributed by atoms with Crippen molar-refractivity contribution in [2.24, 2.45) is 0 Å². The molecule has 7 nitrogen and oxygen atoms in total. The molecular formula is C24H19Cl2F2N3O4. The van der Waals surface area contributed by atoms with E-state index in [9.17, 15) is 28.6 Å². The van der Waals surface area contributed by atoms with Gasteiger partial charge in [-0.1, -0.05) is 35.3 Å². The molecule has 0 saturated carbocycles. The van der Waals surface area contributed by atoms with E-state index in [1.54, 1.807) is 24.3 Å². The second-order valence-corrected chi connectivity index (χ2v) is 8.80. The van der Waals surface area contributed by atoms with Crippen molar-refractivity contribution in [2.45, 2.75) is 17.9 Å². The molecule has 35 heavy (non-hydrogen) atoms. The van der Waals surface area contributed by atoms with Crippen molar-refractivity contribution in [3.8, 4) is 0 Å². The van der Waals surface area contributed by atoms with E-state index < -0.39 is 42.9 Å². The Bertz CT molecular complexity index is 1290. The second-order valence-electron chi connectivity index (χ2n) is 7.96. The molecule has 1 unspecified atom stereocenters. The molecule has 3 N–H and O–H groups in total. The topological polar surface area (TPSA) is 103 Å². The van der Waals surface area contributed by atoms with Gasteiger partial charge in [0, 0.05) is 29.7 Å². The maximum absolute atomic E-state index is 14.9. The summed E-state index contributed by atoms with van der Waals surface area (Å²) >= 11 is 12.0. The van der Waals surface area contributed by atoms with Crippen LogP contribution >= 0.6 is 23.2 Å². The van der Waals surface area contributed by atoms with Crippen LogP contribution in [0.4, 0.5) is 20.3 Å². The van der Waals surface area contributed by atoms with Crippen LogP contribution in [-0.4, -0.2) is 46.1 Å². The minimum atomic E-state index is -3.73. The number of halogens is 4. The van der Waals surface area contributed by atoms with Crippen LogP contribution in [-0.2, 0) is 5.60 Å². The summed E-state index contributed by atoms with van der Waals surface area (Å²) in [6.45, 7) is -1.70. The van der Waals surface area contributed by atoms with Crippen LogP contribution in [0.25, 0.3) is 0 Å². The van der Waals surface area contributed by atoms with Crippen LogP contribution in [0.5, 0.6) is 0 Å². The van der Waals surface area contributed by atoms with Gasteiger partial charge in [0.05, 0.1) is 28.4 Å². The Morgan fingerprint density at radius 3 is 2.51 bits per heavy atom. The lowest BCUT2D eigenvalue weighted by Crippen LogP contribution is -2.48. The van der Waals surface area contributed by atoms with Gasteiger partial charge in [0.25, 0.3) is 17.7 Å². The number of rotatable bonds is 4. The van der Waals surface area contributed by atoms with E-state index in [1.807, 2.05) is 0 Å². The number of nitrogens with zero attached hydrogens (tertiary/aromatic N) is 2. The van der Waals surface area contributed by atoms with E-state index >= 15 is 0 Å². The minimum absolute atomic E-state index is 0.00998. The molecular weight excluding hydrogens is 503 g/mol. The van der Waals surface area contributed by atoms with Gasteiger partial charge in [-0.05, 0) is 42.5 Å². The smallest absolute Gasteiger partial charge is 0.284 e. The fraction of sp³-hybridized carbons (Fsp3) is 0.208. The van der Waals surface area contributed by atoms with Crippen LogP contribution in [0.15, 0.2) is 60.8 Å². The van der Waals surface area contributed by atoms with E-state index in [1.165, 1.54) is 30.5 Å². The Balaban J connectivity index is 1.62. The number of carbonyl (C=O) groups is 2. The highest BCUT2D eigenvalue weighted by Gasteiger charge is 2.56. The van der Waals surface area contributed by atoms with Gasteiger partial charge in [0.1, 0.15) is 5.82 Å². The third-order valence-corrected chi connectivity index (χ3v) is 6.36. The van der Waals surface area contributed by atoms with Crippen LogP contribution in [0, 0.1) is 0 Å². The maximum atomic E-state index is 14.9. The molecule has 2 amide bonds. The monoisotopic (exact) mass is 521 g/mol. The van der Waals surface area contributed by atoms with Crippen molar-refractivity contribution in [3.05, 3.63) is 87.5 Å². The zero-order valence-electron chi connectivity index (χ0n) is 18.0. The first-order valence-corrected chi connectivity index (χ1v) is 11.2. The van der Waals surface area contributed by atoms with Crippen molar-refractivity contribution in [1.29, 1.82) is 0 Å². The first kappa shape index (κ1) is 25.0. The number of aliphatic hydroxyl groups is 2. The highest BCUT2D eigenvalue weighted by molar-refractivity contribution is 6.34. The molecule has 3 aromatic rings. The van der Waals surface area contributed by atoms with Gasteiger partial charge in [-0.2, -0.15) is 0 Å². The highest BCUT2D eigenvalue weighted by Crippen LogP contribution is 2.47. The molecule has 2 heterocycles. The van der Waals surface area contributed by atoms with E-state index in [2.05, 4.69) is 10.3 Å². The Kier molecular flexibility index (Phi) is 6.79. The molecule has 1 aliphatic heterocycles. The van der Waals surface area contributed by atoms with Crippen molar-refractivity contribution >= 4 is 46.5 Å². The van der Waals surface area contributed by atoms with Gasteiger partial charge in [0.2, 0.25) is 0 Å². The van der Waals surface area contributed by atoms with Gasteiger partial charge in [-0.25, -0.2) is 13.8 Å². The molecule has 1 atom stereocenters. The van der Waals surface area contributed by atoms with Gasteiger partial charge < -0.3 is 20.4 Å². The molecule has 0 spiro atoms. The van der Waals surface area contributed by atoms with Crippen molar-refractivity contribution in [1.82, 2.24) is 4.98 Å². The number of amides is 2. The third kappa shape index (κ3) is 4.60. The van der Waals surface area contributed by atoms with Crippen LogP contribution < -0.4 is 10.2 Å². The number of anilines is 2. The lowest BCUT2D eigenvalue weighted by atomic mass is 9.86. The van der Waals surface area contributed by atoms with E-state index in [0.717, 1.165) is 11.0 Å². The van der Waals surface area contributed by atoms with Gasteiger partial charge in [-0.15, -0.1) is 0 Å². The first-order valence-electron chi connectivity index (χ1n) is 10.4. The lowest BCUT2D eigenvalue weighted by Gasteiger charge is -2.33. The zero-order chi connectivity index (χ0) is 25.4. The van der Waals surface area contributed by atoms with E-state index in [4.69, 9.17) is 23.2 Å². The average molecular weight is 522 g/mol. The maximum Gasteiger partial charge on any atom is 0.284 e. The number of aliphatic hydroxyl groups excluding tert-OH is 1. The molecule has 0 fully saturated rings. The largest absolute Gasteiger partial charge is 0.393 e. The Hall–Kier alpha value is -3.11. The minimum Gasteiger partial charge on any atom is -0.393 e. The molecule has 2 aromatic carbocycles. The summed E-state index contributed by atoms with van der Waals surface area (Å²) in [5.41, 5.74) is -3.00. The number of nitrogens with one attached hydrogen (secondary N) is 1. The number of hydrogen-bond donors (Lipinski definition) is 3. The normalized spacial score (nSPS) is 19.0.